The van der Waals surface area contributed by atoms with E-state index >= 15 is 0 Å². The SMILES string of the molecule is CC(C)C[C@@H](N)CC(F)CN. The van der Waals surface area contributed by atoms with Gasteiger partial charge in [-0.1, -0.05) is 13.8 Å². The van der Waals surface area contributed by atoms with E-state index in [-0.39, 0.29) is 12.6 Å². The molecule has 2 atom stereocenters. The van der Waals surface area contributed by atoms with Crippen molar-refractivity contribution in [3.8, 4) is 0 Å². The Morgan fingerprint density at radius 3 is 2.18 bits per heavy atom. The predicted octanol–water partition coefficient (Wildman–Crippen LogP) is 1.05. The summed E-state index contributed by atoms with van der Waals surface area (Å²) in [6.45, 7) is 4.25. The molecule has 11 heavy (non-hydrogen) atoms. The van der Waals surface area contributed by atoms with E-state index in [0.717, 1.165) is 6.42 Å². The molecule has 0 aliphatic rings. The van der Waals surface area contributed by atoms with Crippen LogP contribution in [0.25, 0.3) is 0 Å². The van der Waals surface area contributed by atoms with Gasteiger partial charge in [0.05, 0.1) is 0 Å². The molecule has 0 aromatic heterocycles. The third kappa shape index (κ3) is 6.26. The molecule has 0 aromatic carbocycles. The van der Waals surface area contributed by atoms with Gasteiger partial charge in [-0.15, -0.1) is 0 Å². The molecule has 0 bridgehead atoms. The standard InChI is InChI=1S/C8H19FN2/c1-6(2)3-8(11)4-7(9)5-10/h6-8H,3-5,10-11H2,1-2H3/t7?,8-/m1/s1. The molecule has 68 valence electrons. The van der Waals surface area contributed by atoms with Gasteiger partial charge in [0.1, 0.15) is 6.17 Å². The summed E-state index contributed by atoms with van der Waals surface area (Å²) >= 11 is 0. The zero-order valence-corrected chi connectivity index (χ0v) is 7.39. The van der Waals surface area contributed by atoms with Crippen LogP contribution < -0.4 is 11.5 Å². The van der Waals surface area contributed by atoms with E-state index in [1.165, 1.54) is 0 Å². The molecule has 0 saturated carbocycles. The first-order valence-electron chi connectivity index (χ1n) is 4.16. The minimum Gasteiger partial charge on any atom is -0.328 e. The van der Waals surface area contributed by atoms with Crippen molar-refractivity contribution in [3.63, 3.8) is 0 Å². The van der Waals surface area contributed by atoms with Gasteiger partial charge in [-0.05, 0) is 18.8 Å². The Morgan fingerprint density at radius 1 is 1.27 bits per heavy atom. The van der Waals surface area contributed by atoms with Crippen LogP contribution >= 0.6 is 0 Å². The molecule has 0 rings (SSSR count). The van der Waals surface area contributed by atoms with Crippen LogP contribution in [0.2, 0.25) is 0 Å². The lowest BCUT2D eigenvalue weighted by Crippen LogP contribution is -2.29. The second-order valence-corrected chi connectivity index (χ2v) is 3.46. The second kappa shape index (κ2) is 5.49. The summed E-state index contributed by atoms with van der Waals surface area (Å²) in [7, 11) is 0. The highest BCUT2D eigenvalue weighted by molar-refractivity contribution is 4.69. The van der Waals surface area contributed by atoms with Crippen LogP contribution in [0.1, 0.15) is 26.7 Å². The smallest absolute Gasteiger partial charge is 0.114 e. The van der Waals surface area contributed by atoms with E-state index in [1.807, 2.05) is 0 Å². The van der Waals surface area contributed by atoms with Crippen LogP contribution in [0.15, 0.2) is 0 Å². The summed E-state index contributed by atoms with van der Waals surface area (Å²) in [5.74, 6) is 0.537. The van der Waals surface area contributed by atoms with Crippen molar-refractivity contribution in [1.82, 2.24) is 0 Å². The van der Waals surface area contributed by atoms with Crippen LogP contribution in [-0.2, 0) is 0 Å². The molecule has 0 aromatic rings. The van der Waals surface area contributed by atoms with E-state index in [1.54, 1.807) is 0 Å². The Kier molecular flexibility index (Phi) is 5.42. The van der Waals surface area contributed by atoms with Crippen molar-refractivity contribution in [3.05, 3.63) is 0 Å². The van der Waals surface area contributed by atoms with Gasteiger partial charge < -0.3 is 11.5 Å². The predicted molar refractivity (Wildman–Crippen MR) is 46.0 cm³/mol. The topological polar surface area (TPSA) is 52.0 Å². The summed E-state index contributed by atoms with van der Waals surface area (Å²) in [6.07, 6.45) is 0.346. The molecule has 0 amide bonds. The maximum absolute atomic E-state index is 12.6. The van der Waals surface area contributed by atoms with Gasteiger partial charge in [-0.2, -0.15) is 0 Å². The van der Waals surface area contributed by atoms with Crippen molar-refractivity contribution in [2.45, 2.75) is 38.9 Å². The average Bonchev–Trinajstić information content (AvgIpc) is 1.85. The third-order valence-corrected chi connectivity index (χ3v) is 1.59. The molecule has 3 heteroatoms. The van der Waals surface area contributed by atoms with E-state index in [9.17, 15) is 4.39 Å². The lowest BCUT2D eigenvalue weighted by molar-refractivity contribution is 0.289. The Morgan fingerprint density at radius 2 is 1.82 bits per heavy atom. The first-order chi connectivity index (χ1) is 5.06. The second-order valence-electron chi connectivity index (χ2n) is 3.46. The first kappa shape index (κ1) is 10.8. The molecule has 0 radical (unpaired) electrons. The van der Waals surface area contributed by atoms with Crippen molar-refractivity contribution < 1.29 is 4.39 Å². The highest BCUT2D eigenvalue weighted by Crippen LogP contribution is 2.08. The number of alkyl halides is 1. The fourth-order valence-corrected chi connectivity index (χ4v) is 1.13. The summed E-state index contributed by atoms with van der Waals surface area (Å²) in [4.78, 5) is 0. The Hall–Kier alpha value is -0.150. The number of hydrogen-bond donors (Lipinski definition) is 2. The quantitative estimate of drug-likeness (QED) is 0.634. The van der Waals surface area contributed by atoms with Gasteiger partial charge in [0, 0.05) is 12.6 Å². The maximum atomic E-state index is 12.6. The van der Waals surface area contributed by atoms with Crippen LogP contribution in [0.4, 0.5) is 4.39 Å². The Balaban J connectivity index is 3.43. The Bertz CT molecular complexity index is 96.1. The average molecular weight is 162 g/mol. The summed E-state index contributed by atoms with van der Waals surface area (Å²) < 4.78 is 12.6. The number of nitrogens with two attached hydrogens (primary N) is 2. The first-order valence-corrected chi connectivity index (χ1v) is 4.16. The van der Waals surface area contributed by atoms with E-state index in [2.05, 4.69) is 13.8 Å². The molecule has 0 aliphatic carbocycles. The van der Waals surface area contributed by atoms with E-state index in [0.29, 0.717) is 12.3 Å². The summed E-state index contributed by atoms with van der Waals surface area (Å²) in [5, 5.41) is 0. The highest BCUT2D eigenvalue weighted by Gasteiger charge is 2.11. The number of halogens is 1. The molecule has 0 fully saturated rings. The summed E-state index contributed by atoms with van der Waals surface area (Å²) in [5.41, 5.74) is 10.8. The zero-order chi connectivity index (χ0) is 8.85. The fraction of sp³-hybridized carbons (Fsp3) is 1.00. The van der Waals surface area contributed by atoms with Crippen molar-refractivity contribution in [2.24, 2.45) is 17.4 Å². The van der Waals surface area contributed by atoms with Crippen LogP contribution in [0.3, 0.4) is 0 Å². The molecule has 2 nitrogen and oxygen atoms in total. The van der Waals surface area contributed by atoms with Crippen LogP contribution in [0.5, 0.6) is 0 Å². The van der Waals surface area contributed by atoms with E-state index < -0.39 is 6.17 Å². The highest BCUT2D eigenvalue weighted by atomic mass is 19.1. The zero-order valence-electron chi connectivity index (χ0n) is 7.39. The van der Waals surface area contributed by atoms with Gasteiger partial charge in [-0.3, -0.25) is 0 Å². The number of hydrogen-bond acceptors (Lipinski definition) is 2. The number of rotatable bonds is 5. The van der Waals surface area contributed by atoms with Crippen molar-refractivity contribution in [1.29, 1.82) is 0 Å². The lowest BCUT2D eigenvalue weighted by atomic mass is 10.00. The molecule has 4 N–H and O–H groups in total. The monoisotopic (exact) mass is 162 g/mol. The van der Waals surface area contributed by atoms with Gasteiger partial charge in [-0.25, -0.2) is 4.39 Å². The van der Waals surface area contributed by atoms with Crippen molar-refractivity contribution in [2.75, 3.05) is 6.54 Å². The van der Waals surface area contributed by atoms with Crippen LogP contribution in [-0.4, -0.2) is 18.8 Å². The molecule has 0 aliphatic heterocycles. The normalized spacial score (nSPS) is 16.9. The summed E-state index contributed by atoms with van der Waals surface area (Å²) in [6, 6.07) is -0.0338. The Labute approximate surface area is 68.1 Å². The van der Waals surface area contributed by atoms with Gasteiger partial charge in [0.25, 0.3) is 0 Å². The van der Waals surface area contributed by atoms with Crippen LogP contribution in [0, 0.1) is 5.92 Å². The van der Waals surface area contributed by atoms with Gasteiger partial charge >= 0.3 is 0 Å². The lowest BCUT2D eigenvalue weighted by Gasteiger charge is -2.15. The minimum absolute atomic E-state index is 0.0338. The third-order valence-electron chi connectivity index (χ3n) is 1.59. The minimum atomic E-state index is -0.927. The molecular formula is C8H19FN2. The fourth-order valence-electron chi connectivity index (χ4n) is 1.13. The van der Waals surface area contributed by atoms with Gasteiger partial charge in [0.15, 0.2) is 0 Å². The largest absolute Gasteiger partial charge is 0.328 e. The van der Waals surface area contributed by atoms with Crippen molar-refractivity contribution >= 4 is 0 Å². The van der Waals surface area contributed by atoms with E-state index in [4.69, 9.17) is 11.5 Å². The molecule has 0 spiro atoms. The molecular weight excluding hydrogens is 143 g/mol. The molecule has 0 heterocycles. The van der Waals surface area contributed by atoms with Gasteiger partial charge in [0.2, 0.25) is 0 Å². The molecule has 1 unspecified atom stereocenters. The maximum Gasteiger partial charge on any atom is 0.114 e. The molecule has 0 saturated heterocycles.